The van der Waals surface area contributed by atoms with Gasteiger partial charge in [-0.1, -0.05) is 18.5 Å². The fourth-order valence-corrected chi connectivity index (χ4v) is 9.06. The Labute approximate surface area is 245 Å². The van der Waals surface area contributed by atoms with Gasteiger partial charge in [0.25, 0.3) is 5.91 Å². The lowest BCUT2D eigenvalue weighted by atomic mass is 9.69. The minimum absolute atomic E-state index is 0.121. The fourth-order valence-electron chi connectivity index (χ4n) is 6.21. The molecule has 42 heavy (non-hydrogen) atoms. The number of carbonyl (C=O) groups is 1. The first-order valence-corrected chi connectivity index (χ1v) is 16.7. The molecular weight excluding hydrogens is 625 g/mol. The monoisotopic (exact) mass is 654 g/mol. The van der Waals surface area contributed by atoms with Gasteiger partial charge in [0.2, 0.25) is 10.0 Å². The van der Waals surface area contributed by atoms with Crippen molar-refractivity contribution in [3.05, 3.63) is 58.4 Å². The van der Waals surface area contributed by atoms with Crippen molar-refractivity contribution in [3.8, 4) is 0 Å². The van der Waals surface area contributed by atoms with Gasteiger partial charge in [-0.2, -0.15) is 0 Å². The molecule has 232 valence electrons. The van der Waals surface area contributed by atoms with Crippen molar-refractivity contribution in [2.45, 2.75) is 54.1 Å². The van der Waals surface area contributed by atoms with E-state index >= 15 is 0 Å². The van der Waals surface area contributed by atoms with E-state index < -0.39 is 95.2 Å². The Morgan fingerprint density at radius 3 is 2.26 bits per heavy atom. The van der Waals surface area contributed by atoms with E-state index in [1.807, 2.05) is 0 Å². The highest BCUT2D eigenvalue weighted by atomic mass is 35.5. The van der Waals surface area contributed by atoms with E-state index in [1.54, 1.807) is 6.92 Å². The normalized spacial score (nSPS) is 27.5. The van der Waals surface area contributed by atoms with Crippen LogP contribution >= 0.6 is 11.6 Å². The molecule has 2 saturated carbocycles. The molecule has 0 aliphatic heterocycles. The number of fused-ring (bicyclic) bond motifs is 2. The summed E-state index contributed by atoms with van der Waals surface area (Å²) in [6, 6.07) is 4.49. The molecule has 1 amide bonds. The van der Waals surface area contributed by atoms with E-state index in [0.29, 0.717) is 18.6 Å². The second-order valence-electron chi connectivity index (χ2n) is 11.0. The Morgan fingerprint density at radius 1 is 1.07 bits per heavy atom. The number of hydrogen-bond donors (Lipinski definition) is 5. The smallest absolute Gasteiger partial charge is 0.255 e. The highest BCUT2D eigenvalue weighted by molar-refractivity contribution is 7.92. The summed E-state index contributed by atoms with van der Waals surface area (Å²) in [7, 11) is -7.94. The van der Waals surface area contributed by atoms with E-state index in [2.05, 4.69) is 10.0 Å². The van der Waals surface area contributed by atoms with E-state index in [1.165, 1.54) is 12.1 Å². The summed E-state index contributed by atoms with van der Waals surface area (Å²) < 4.78 is 92.9. The molecule has 0 heterocycles. The van der Waals surface area contributed by atoms with Crippen molar-refractivity contribution in [2.24, 2.45) is 17.8 Å². The lowest BCUT2D eigenvalue weighted by Crippen LogP contribution is -2.61. The van der Waals surface area contributed by atoms with Crippen molar-refractivity contribution in [1.82, 2.24) is 4.72 Å². The van der Waals surface area contributed by atoms with Crippen LogP contribution in [0.1, 0.15) is 36.5 Å². The first kappa shape index (κ1) is 32.6. The van der Waals surface area contributed by atoms with E-state index in [4.69, 9.17) is 11.6 Å². The van der Waals surface area contributed by atoms with Gasteiger partial charge in [0.05, 0.1) is 33.1 Å². The van der Waals surface area contributed by atoms with E-state index in [0.717, 1.165) is 12.3 Å². The van der Waals surface area contributed by atoms with Gasteiger partial charge in [0.1, 0.15) is 6.10 Å². The SMILES string of the molecule is C[C@H]1CC2CC(S(=O)(=O)c3cc(C(=O)Nc4cc(F)c(F)c(F)c4)ccc3Cl)CC1[C@@]2(O)C(O)C(O)CNS(C)(=O)=O. The molecular formula is C26H30ClF3N2O8S2. The average molecular weight is 655 g/mol. The number of nitrogens with one attached hydrogen (secondary N) is 2. The molecule has 5 N–H and O–H groups in total. The molecule has 2 aromatic carbocycles. The zero-order chi connectivity index (χ0) is 31.4. The quantitative estimate of drug-likeness (QED) is 0.256. The zero-order valence-electron chi connectivity index (χ0n) is 22.4. The molecule has 16 heteroatoms. The summed E-state index contributed by atoms with van der Waals surface area (Å²) in [5.41, 5.74) is -2.51. The van der Waals surface area contributed by atoms with Crippen molar-refractivity contribution in [2.75, 3.05) is 18.1 Å². The van der Waals surface area contributed by atoms with Crippen LogP contribution < -0.4 is 10.0 Å². The third kappa shape index (κ3) is 6.18. The number of rotatable bonds is 9. The highest BCUT2D eigenvalue weighted by Gasteiger charge is 2.62. The van der Waals surface area contributed by atoms with Crippen LogP contribution in [0.5, 0.6) is 0 Å². The minimum atomic E-state index is -4.24. The van der Waals surface area contributed by atoms with Crippen LogP contribution in [-0.2, 0) is 19.9 Å². The summed E-state index contributed by atoms with van der Waals surface area (Å²) in [5, 5.41) is 33.8. The molecule has 0 saturated heterocycles. The van der Waals surface area contributed by atoms with E-state index in [9.17, 15) is 50.1 Å². The first-order valence-electron chi connectivity index (χ1n) is 12.9. The summed E-state index contributed by atoms with van der Waals surface area (Å²) in [4.78, 5) is 12.4. The maximum Gasteiger partial charge on any atom is 0.255 e. The summed E-state index contributed by atoms with van der Waals surface area (Å²) in [6.45, 7) is 1.22. The Morgan fingerprint density at radius 2 is 1.69 bits per heavy atom. The highest BCUT2D eigenvalue weighted by Crippen LogP contribution is 2.56. The number of amides is 1. The standard InChI is InChI=1S/C26H30ClF3N2O8S2/c1-12-5-14-7-16(10-17(12)26(14,36)24(34)21(33)11-31-41(2,37)38)42(39,40)22-6-13(3-4-18(22)27)25(35)32-15-8-19(28)23(30)20(29)9-15/h3-4,6,8-9,12,14,16-17,21,24,31,33-34,36H,5,7,10-11H2,1-2H3,(H,32,35)/t12-,14?,16?,17?,21?,24?,26+/m0/s1. The van der Waals surface area contributed by atoms with Crippen molar-refractivity contribution in [1.29, 1.82) is 0 Å². The fraction of sp³-hybridized carbons (Fsp3) is 0.500. The Balaban J connectivity index is 1.57. The molecule has 2 fully saturated rings. The van der Waals surface area contributed by atoms with Gasteiger partial charge < -0.3 is 20.6 Å². The first-order chi connectivity index (χ1) is 19.4. The number of anilines is 1. The van der Waals surface area contributed by atoms with Gasteiger partial charge in [-0.25, -0.2) is 34.7 Å². The van der Waals surface area contributed by atoms with Crippen molar-refractivity contribution < 1.29 is 50.1 Å². The number of sulfonamides is 1. The van der Waals surface area contributed by atoms with E-state index in [-0.39, 0.29) is 29.3 Å². The molecule has 2 aliphatic carbocycles. The number of aliphatic hydroxyl groups is 3. The molecule has 2 aliphatic rings. The molecule has 4 rings (SSSR count). The third-order valence-corrected chi connectivity index (χ3v) is 11.6. The molecule has 10 nitrogen and oxygen atoms in total. The predicted molar refractivity (Wildman–Crippen MR) is 146 cm³/mol. The lowest BCUT2D eigenvalue weighted by molar-refractivity contribution is -0.177. The van der Waals surface area contributed by atoms with Crippen LogP contribution in [0.4, 0.5) is 18.9 Å². The largest absolute Gasteiger partial charge is 0.389 e. The molecule has 0 spiro atoms. The number of carbonyl (C=O) groups excluding carboxylic acids is 1. The lowest BCUT2D eigenvalue weighted by Gasteiger charge is -2.47. The Hall–Kier alpha value is -2.27. The number of benzene rings is 2. The number of halogens is 4. The third-order valence-electron chi connectivity index (χ3n) is 8.23. The maximum atomic E-state index is 13.8. The minimum Gasteiger partial charge on any atom is -0.389 e. The van der Waals surface area contributed by atoms with Crippen LogP contribution in [0.3, 0.4) is 0 Å². The summed E-state index contributed by atoms with van der Waals surface area (Å²) in [6.07, 6.45) is -2.48. The number of sulfone groups is 1. The molecule has 2 bridgehead atoms. The molecule has 0 radical (unpaired) electrons. The molecule has 7 atom stereocenters. The topological polar surface area (TPSA) is 170 Å². The van der Waals surface area contributed by atoms with Crippen LogP contribution in [-0.4, -0.2) is 73.9 Å². The van der Waals surface area contributed by atoms with Gasteiger partial charge >= 0.3 is 0 Å². The van der Waals surface area contributed by atoms with Crippen LogP contribution in [0.2, 0.25) is 5.02 Å². The second-order valence-corrected chi connectivity index (χ2v) is 15.5. The van der Waals surface area contributed by atoms with Gasteiger partial charge in [0, 0.05) is 29.9 Å². The molecule has 2 aromatic rings. The summed E-state index contributed by atoms with van der Waals surface area (Å²) in [5.74, 6) is -7.54. The number of hydrogen-bond acceptors (Lipinski definition) is 8. The van der Waals surface area contributed by atoms with Crippen LogP contribution in [0.15, 0.2) is 35.2 Å². The van der Waals surface area contributed by atoms with Crippen molar-refractivity contribution in [3.63, 3.8) is 0 Å². The molecule has 0 aromatic heterocycles. The zero-order valence-corrected chi connectivity index (χ0v) is 24.8. The second kappa shape index (κ2) is 11.7. The van der Waals surface area contributed by atoms with Gasteiger partial charge in [0.15, 0.2) is 27.3 Å². The van der Waals surface area contributed by atoms with Gasteiger partial charge in [-0.05, 0) is 55.2 Å². The number of aliphatic hydroxyl groups excluding tert-OH is 2. The van der Waals surface area contributed by atoms with Crippen LogP contribution in [0.25, 0.3) is 0 Å². The predicted octanol–water partition coefficient (Wildman–Crippen LogP) is 2.22. The Kier molecular flexibility index (Phi) is 9.07. The van der Waals surface area contributed by atoms with Gasteiger partial charge in [-0.15, -0.1) is 0 Å². The summed E-state index contributed by atoms with van der Waals surface area (Å²) >= 11 is 6.23. The maximum absolute atomic E-state index is 13.8. The average Bonchev–Trinajstić information content (AvgIpc) is 3.01. The van der Waals surface area contributed by atoms with Gasteiger partial charge in [-0.3, -0.25) is 4.79 Å². The Bertz CT molecular complexity index is 1590. The van der Waals surface area contributed by atoms with Crippen LogP contribution in [0, 0.1) is 35.2 Å². The molecule has 5 unspecified atom stereocenters. The van der Waals surface area contributed by atoms with Crippen molar-refractivity contribution >= 4 is 43.1 Å².